The minimum absolute atomic E-state index is 0.882. The molecule has 0 spiro atoms. The average molecular weight is 153 g/mol. The van der Waals surface area contributed by atoms with Crippen molar-refractivity contribution in [3.8, 4) is 0 Å². The molecule has 0 aromatic carbocycles. The van der Waals surface area contributed by atoms with E-state index in [1.54, 1.807) is 0 Å². The van der Waals surface area contributed by atoms with Crippen LogP contribution in [-0.4, -0.2) is 12.6 Å². The molecule has 0 amide bonds. The van der Waals surface area contributed by atoms with Gasteiger partial charge >= 0.3 is 0 Å². The van der Waals surface area contributed by atoms with Crippen molar-refractivity contribution in [3.63, 3.8) is 0 Å². The van der Waals surface area contributed by atoms with Gasteiger partial charge in [-0.1, -0.05) is 19.8 Å². The van der Waals surface area contributed by atoms with E-state index in [2.05, 4.69) is 12.2 Å². The molecule has 0 unspecified atom stereocenters. The van der Waals surface area contributed by atoms with Gasteiger partial charge < -0.3 is 5.32 Å². The van der Waals surface area contributed by atoms with Crippen LogP contribution in [0.3, 0.4) is 0 Å². The van der Waals surface area contributed by atoms with Crippen molar-refractivity contribution in [2.75, 3.05) is 6.54 Å². The molecule has 1 heteroatoms. The molecule has 1 saturated carbocycles. The van der Waals surface area contributed by atoms with Gasteiger partial charge in [0.15, 0.2) is 0 Å². The predicted molar refractivity (Wildman–Crippen MR) is 47.5 cm³/mol. The average Bonchev–Trinajstić information content (AvgIpc) is 2.06. The number of fused-ring (bicyclic) bond motifs is 1. The molecule has 11 heavy (non-hydrogen) atoms. The minimum Gasteiger partial charge on any atom is -0.314 e. The van der Waals surface area contributed by atoms with E-state index in [9.17, 15) is 0 Å². The topological polar surface area (TPSA) is 12.0 Å². The molecule has 0 aromatic heterocycles. The molecule has 0 bridgehead atoms. The zero-order valence-corrected chi connectivity index (χ0v) is 7.47. The molecule has 1 heterocycles. The molecular weight excluding hydrogens is 134 g/mol. The molecule has 0 radical (unpaired) electrons. The zero-order valence-electron chi connectivity index (χ0n) is 7.47. The van der Waals surface area contributed by atoms with Crippen molar-refractivity contribution in [2.45, 2.75) is 45.1 Å². The van der Waals surface area contributed by atoms with E-state index >= 15 is 0 Å². The van der Waals surface area contributed by atoms with Gasteiger partial charge in [-0.25, -0.2) is 0 Å². The maximum atomic E-state index is 3.65. The SMILES string of the molecule is C[C@@H]1CCC[C@H]2NCCC[C@H]12. The molecule has 3 atom stereocenters. The Labute approximate surface area is 69.6 Å². The van der Waals surface area contributed by atoms with Crippen LogP contribution in [0, 0.1) is 11.8 Å². The first-order valence-corrected chi connectivity index (χ1v) is 5.11. The van der Waals surface area contributed by atoms with E-state index in [0.29, 0.717) is 0 Å². The van der Waals surface area contributed by atoms with Crippen molar-refractivity contribution in [3.05, 3.63) is 0 Å². The third-order valence-electron chi connectivity index (χ3n) is 3.54. The van der Waals surface area contributed by atoms with Crippen LogP contribution in [0.1, 0.15) is 39.0 Å². The van der Waals surface area contributed by atoms with E-state index in [-0.39, 0.29) is 0 Å². The third kappa shape index (κ3) is 1.44. The summed E-state index contributed by atoms with van der Waals surface area (Å²) in [7, 11) is 0. The van der Waals surface area contributed by atoms with Gasteiger partial charge in [0.1, 0.15) is 0 Å². The highest BCUT2D eigenvalue weighted by Crippen LogP contribution is 2.34. The van der Waals surface area contributed by atoms with Crippen molar-refractivity contribution in [2.24, 2.45) is 11.8 Å². The van der Waals surface area contributed by atoms with E-state index in [4.69, 9.17) is 0 Å². The lowest BCUT2D eigenvalue weighted by molar-refractivity contribution is 0.150. The van der Waals surface area contributed by atoms with Crippen molar-refractivity contribution in [1.29, 1.82) is 0 Å². The van der Waals surface area contributed by atoms with E-state index < -0.39 is 0 Å². The summed E-state index contributed by atoms with van der Waals surface area (Å²) >= 11 is 0. The van der Waals surface area contributed by atoms with Crippen LogP contribution in [-0.2, 0) is 0 Å². The predicted octanol–water partition coefficient (Wildman–Crippen LogP) is 2.17. The van der Waals surface area contributed by atoms with Gasteiger partial charge in [0.2, 0.25) is 0 Å². The van der Waals surface area contributed by atoms with Crippen molar-refractivity contribution < 1.29 is 0 Å². The van der Waals surface area contributed by atoms with Crippen LogP contribution < -0.4 is 5.32 Å². The molecule has 1 aliphatic carbocycles. The van der Waals surface area contributed by atoms with Gasteiger partial charge in [-0.05, 0) is 37.6 Å². The summed E-state index contributed by atoms with van der Waals surface area (Å²) in [5.41, 5.74) is 0. The summed E-state index contributed by atoms with van der Waals surface area (Å²) in [5, 5.41) is 3.65. The van der Waals surface area contributed by atoms with Gasteiger partial charge in [0.25, 0.3) is 0 Å². The second-order valence-electron chi connectivity index (χ2n) is 4.27. The smallest absolute Gasteiger partial charge is 0.00978 e. The Morgan fingerprint density at radius 3 is 2.82 bits per heavy atom. The maximum absolute atomic E-state index is 3.65. The minimum atomic E-state index is 0.882. The summed E-state index contributed by atoms with van der Waals surface area (Å²) < 4.78 is 0. The molecule has 1 saturated heterocycles. The molecular formula is C10H19N. The highest BCUT2D eigenvalue weighted by Gasteiger charge is 2.31. The Kier molecular flexibility index (Phi) is 2.17. The molecule has 2 aliphatic rings. The number of hydrogen-bond donors (Lipinski definition) is 1. The Hall–Kier alpha value is -0.0400. The lowest BCUT2D eigenvalue weighted by Crippen LogP contribution is -2.45. The molecule has 1 nitrogen and oxygen atoms in total. The Morgan fingerprint density at radius 2 is 2.00 bits per heavy atom. The van der Waals surface area contributed by atoms with Crippen molar-refractivity contribution in [1.82, 2.24) is 5.32 Å². The summed E-state index contributed by atoms with van der Waals surface area (Å²) in [5.74, 6) is 2.00. The van der Waals surface area contributed by atoms with Crippen LogP contribution >= 0.6 is 0 Å². The summed E-state index contributed by atoms with van der Waals surface area (Å²) in [6, 6.07) is 0.882. The quantitative estimate of drug-likeness (QED) is 0.562. The first kappa shape index (κ1) is 7.60. The Balaban J connectivity index is 1.99. The fraction of sp³-hybridized carbons (Fsp3) is 1.00. The van der Waals surface area contributed by atoms with Gasteiger partial charge in [-0.3, -0.25) is 0 Å². The van der Waals surface area contributed by atoms with Crippen LogP contribution in [0.4, 0.5) is 0 Å². The normalized spacial score (nSPS) is 45.0. The van der Waals surface area contributed by atoms with Gasteiger partial charge in [0, 0.05) is 6.04 Å². The fourth-order valence-electron chi connectivity index (χ4n) is 2.85. The van der Waals surface area contributed by atoms with E-state index in [1.807, 2.05) is 0 Å². The lowest BCUT2D eigenvalue weighted by Gasteiger charge is -2.40. The fourth-order valence-corrected chi connectivity index (χ4v) is 2.85. The molecule has 0 aromatic rings. The van der Waals surface area contributed by atoms with Crippen LogP contribution in [0.15, 0.2) is 0 Å². The first-order chi connectivity index (χ1) is 5.38. The largest absolute Gasteiger partial charge is 0.314 e. The van der Waals surface area contributed by atoms with Crippen LogP contribution in [0.25, 0.3) is 0 Å². The highest BCUT2D eigenvalue weighted by molar-refractivity contribution is 4.87. The summed E-state index contributed by atoms with van der Waals surface area (Å²) in [6.07, 6.45) is 7.26. The molecule has 2 rings (SSSR count). The second-order valence-corrected chi connectivity index (χ2v) is 4.27. The summed E-state index contributed by atoms with van der Waals surface area (Å²) in [6.45, 7) is 3.71. The number of rotatable bonds is 0. The number of hydrogen-bond acceptors (Lipinski definition) is 1. The molecule has 1 N–H and O–H groups in total. The number of piperidine rings is 1. The van der Waals surface area contributed by atoms with Gasteiger partial charge in [-0.15, -0.1) is 0 Å². The van der Waals surface area contributed by atoms with E-state index in [0.717, 1.165) is 17.9 Å². The molecule has 1 aliphatic heterocycles. The Bertz CT molecular complexity index is 131. The van der Waals surface area contributed by atoms with Crippen molar-refractivity contribution >= 4 is 0 Å². The van der Waals surface area contributed by atoms with Crippen LogP contribution in [0.2, 0.25) is 0 Å². The third-order valence-corrected chi connectivity index (χ3v) is 3.54. The highest BCUT2D eigenvalue weighted by atomic mass is 14.9. The summed E-state index contributed by atoms with van der Waals surface area (Å²) in [4.78, 5) is 0. The monoisotopic (exact) mass is 153 g/mol. The lowest BCUT2D eigenvalue weighted by atomic mass is 9.73. The second kappa shape index (κ2) is 3.14. The number of nitrogens with one attached hydrogen (secondary N) is 1. The van der Waals surface area contributed by atoms with E-state index in [1.165, 1.54) is 38.6 Å². The Morgan fingerprint density at radius 1 is 1.09 bits per heavy atom. The molecule has 2 fully saturated rings. The molecule has 64 valence electrons. The maximum Gasteiger partial charge on any atom is 0.00978 e. The van der Waals surface area contributed by atoms with Gasteiger partial charge in [0.05, 0.1) is 0 Å². The first-order valence-electron chi connectivity index (χ1n) is 5.11. The zero-order chi connectivity index (χ0) is 7.68. The van der Waals surface area contributed by atoms with Gasteiger partial charge in [-0.2, -0.15) is 0 Å². The van der Waals surface area contributed by atoms with Crippen LogP contribution in [0.5, 0.6) is 0 Å². The standard InChI is InChI=1S/C10H19N/c1-8-4-2-6-10-9(8)5-3-7-11-10/h8-11H,2-7H2,1H3/t8-,9-,10-/m1/s1.